The van der Waals surface area contributed by atoms with Gasteiger partial charge in [0.1, 0.15) is 28.9 Å². The fourth-order valence-corrected chi connectivity index (χ4v) is 6.50. The van der Waals surface area contributed by atoms with E-state index in [9.17, 15) is 13.6 Å². The van der Waals surface area contributed by atoms with Gasteiger partial charge in [-0.1, -0.05) is 6.07 Å². The van der Waals surface area contributed by atoms with Crippen molar-refractivity contribution in [2.24, 2.45) is 0 Å². The Labute approximate surface area is 227 Å². The SMILES string of the molecule is Cc1cnc([C@]2(NC(=O)c3c(C)nc4c(OCc5c(F)cccc5F)cccn34)C[C@@H]3OC(C)(C)O[C@@H]3C2)s1. The van der Waals surface area contributed by atoms with E-state index in [1.54, 1.807) is 35.9 Å². The molecule has 1 aliphatic heterocycles. The second kappa shape index (κ2) is 9.35. The summed E-state index contributed by atoms with van der Waals surface area (Å²) in [6, 6.07) is 7.00. The number of imidazole rings is 1. The number of amides is 1. The normalized spacial score (nSPS) is 23.7. The Bertz CT molecular complexity index is 1550. The number of aromatic nitrogens is 3. The fraction of sp³-hybridized carbons (Fsp3) is 0.393. The molecule has 6 rings (SSSR count). The van der Waals surface area contributed by atoms with Gasteiger partial charge in [-0.05, 0) is 52.0 Å². The molecular weight excluding hydrogens is 526 g/mol. The van der Waals surface area contributed by atoms with E-state index in [4.69, 9.17) is 14.2 Å². The first kappa shape index (κ1) is 25.8. The van der Waals surface area contributed by atoms with Crippen LogP contribution in [0, 0.1) is 25.5 Å². The summed E-state index contributed by atoms with van der Waals surface area (Å²) in [7, 11) is 0. The maximum atomic E-state index is 14.1. The van der Waals surface area contributed by atoms with Crippen LogP contribution in [-0.4, -0.2) is 38.3 Å². The highest BCUT2D eigenvalue weighted by molar-refractivity contribution is 7.11. The van der Waals surface area contributed by atoms with Crippen molar-refractivity contribution < 1.29 is 27.8 Å². The molecule has 4 heterocycles. The minimum Gasteiger partial charge on any atom is -0.485 e. The number of nitrogens with zero attached hydrogens (tertiary/aromatic N) is 3. The Morgan fingerprint density at radius 1 is 1.15 bits per heavy atom. The Kier molecular flexibility index (Phi) is 6.20. The molecule has 39 heavy (non-hydrogen) atoms. The number of benzene rings is 1. The Hall–Kier alpha value is -3.41. The van der Waals surface area contributed by atoms with Crippen molar-refractivity contribution in [3.8, 4) is 5.75 Å². The monoisotopic (exact) mass is 554 g/mol. The van der Waals surface area contributed by atoms with Gasteiger partial charge in [0, 0.05) is 30.1 Å². The summed E-state index contributed by atoms with van der Waals surface area (Å²) in [6.07, 6.45) is 4.21. The molecule has 1 saturated heterocycles. The smallest absolute Gasteiger partial charge is 0.270 e. The zero-order valence-corrected chi connectivity index (χ0v) is 22.8. The molecule has 0 bridgehead atoms. The van der Waals surface area contributed by atoms with Gasteiger partial charge in [0.2, 0.25) is 0 Å². The number of rotatable bonds is 6. The highest BCUT2D eigenvalue weighted by atomic mass is 32.1. The molecule has 2 aliphatic rings. The number of nitrogens with one attached hydrogen (secondary N) is 1. The van der Waals surface area contributed by atoms with Gasteiger partial charge in [0.05, 0.1) is 29.0 Å². The molecule has 0 spiro atoms. The van der Waals surface area contributed by atoms with Crippen LogP contribution >= 0.6 is 11.3 Å². The predicted molar refractivity (Wildman–Crippen MR) is 140 cm³/mol. The molecule has 8 nitrogen and oxygen atoms in total. The second-order valence-electron chi connectivity index (χ2n) is 10.5. The predicted octanol–water partition coefficient (Wildman–Crippen LogP) is 5.20. The van der Waals surface area contributed by atoms with Crippen LogP contribution < -0.4 is 10.1 Å². The summed E-state index contributed by atoms with van der Waals surface area (Å²) in [5, 5.41) is 4.05. The number of pyridine rings is 1. The van der Waals surface area contributed by atoms with E-state index in [1.807, 2.05) is 20.8 Å². The van der Waals surface area contributed by atoms with E-state index < -0.39 is 23.0 Å². The lowest BCUT2D eigenvalue weighted by atomic mass is 9.97. The van der Waals surface area contributed by atoms with Gasteiger partial charge in [-0.25, -0.2) is 18.7 Å². The van der Waals surface area contributed by atoms with Gasteiger partial charge in [0.25, 0.3) is 5.91 Å². The van der Waals surface area contributed by atoms with E-state index in [0.717, 1.165) is 9.88 Å². The number of thiazole rings is 1. The molecule has 0 unspecified atom stereocenters. The standard InChI is InChI=1S/C28H28F2N4O4S/c1-15-13-31-26(39-15)28(11-21-22(12-28)38-27(3,4)37-21)33-25(35)23-16(2)32-24-20(9-6-10-34(23)24)36-14-17-18(29)7-5-8-19(17)30/h5-10,13,21-22H,11-12,14H2,1-4H3,(H,33,35)/t21-,22+,28-. The van der Waals surface area contributed by atoms with Crippen LogP contribution in [0.5, 0.6) is 5.75 Å². The van der Waals surface area contributed by atoms with Gasteiger partial charge in [-0.2, -0.15) is 0 Å². The highest BCUT2D eigenvalue weighted by Gasteiger charge is 2.56. The van der Waals surface area contributed by atoms with Crippen molar-refractivity contribution in [3.05, 3.63) is 81.2 Å². The Morgan fingerprint density at radius 3 is 2.49 bits per heavy atom. The lowest BCUT2D eigenvalue weighted by Crippen LogP contribution is -2.46. The van der Waals surface area contributed by atoms with Gasteiger partial charge >= 0.3 is 0 Å². The third kappa shape index (κ3) is 4.58. The quantitative estimate of drug-likeness (QED) is 0.353. The Morgan fingerprint density at radius 2 is 1.85 bits per heavy atom. The number of carbonyl (C=O) groups is 1. The minimum atomic E-state index is -0.769. The average molecular weight is 555 g/mol. The van der Waals surface area contributed by atoms with E-state index in [1.165, 1.54) is 29.5 Å². The second-order valence-corrected chi connectivity index (χ2v) is 11.8. The van der Waals surface area contributed by atoms with Crippen molar-refractivity contribution in [2.45, 2.75) is 70.7 Å². The van der Waals surface area contributed by atoms with Crippen LogP contribution in [-0.2, 0) is 21.6 Å². The van der Waals surface area contributed by atoms with E-state index in [2.05, 4.69) is 15.3 Å². The van der Waals surface area contributed by atoms with Crippen molar-refractivity contribution >= 4 is 22.9 Å². The van der Waals surface area contributed by atoms with Gasteiger partial charge in [-0.3, -0.25) is 9.20 Å². The van der Waals surface area contributed by atoms with Crippen LogP contribution in [0.2, 0.25) is 0 Å². The molecule has 4 aromatic rings. The van der Waals surface area contributed by atoms with E-state index in [0.29, 0.717) is 35.6 Å². The fourth-order valence-electron chi connectivity index (χ4n) is 5.57. The molecule has 1 saturated carbocycles. The molecule has 1 amide bonds. The number of aryl methyl sites for hydroxylation is 2. The summed E-state index contributed by atoms with van der Waals surface area (Å²) in [5.41, 5.74) is 0.237. The summed E-state index contributed by atoms with van der Waals surface area (Å²) < 4.78 is 47.9. The van der Waals surface area contributed by atoms with Gasteiger partial charge in [0.15, 0.2) is 17.2 Å². The number of hydrogen-bond acceptors (Lipinski definition) is 7. The first-order chi connectivity index (χ1) is 18.6. The Balaban J connectivity index is 1.31. The molecular formula is C28H28F2N4O4S. The van der Waals surface area contributed by atoms with Crippen LogP contribution in [0.1, 0.15) is 58.3 Å². The molecule has 0 radical (unpaired) electrons. The molecule has 11 heteroatoms. The van der Waals surface area contributed by atoms with Crippen LogP contribution in [0.3, 0.4) is 0 Å². The highest BCUT2D eigenvalue weighted by Crippen LogP contribution is 2.48. The number of hydrogen-bond donors (Lipinski definition) is 1. The minimum absolute atomic E-state index is 0.174. The maximum Gasteiger partial charge on any atom is 0.270 e. The van der Waals surface area contributed by atoms with Crippen molar-refractivity contribution in [1.82, 2.24) is 19.7 Å². The third-order valence-electron chi connectivity index (χ3n) is 7.21. The van der Waals surface area contributed by atoms with E-state index in [-0.39, 0.29) is 30.3 Å². The molecule has 204 valence electrons. The van der Waals surface area contributed by atoms with Crippen LogP contribution in [0.25, 0.3) is 5.65 Å². The molecule has 1 N–H and O–H groups in total. The number of ether oxygens (including phenoxy) is 3. The summed E-state index contributed by atoms with van der Waals surface area (Å²) >= 11 is 1.54. The van der Waals surface area contributed by atoms with Crippen LogP contribution in [0.4, 0.5) is 8.78 Å². The molecule has 1 aromatic carbocycles. The van der Waals surface area contributed by atoms with Crippen molar-refractivity contribution in [2.75, 3.05) is 0 Å². The maximum absolute atomic E-state index is 14.1. The van der Waals surface area contributed by atoms with Crippen LogP contribution in [0.15, 0.2) is 42.7 Å². The van der Waals surface area contributed by atoms with Crippen molar-refractivity contribution in [3.63, 3.8) is 0 Å². The van der Waals surface area contributed by atoms with Gasteiger partial charge < -0.3 is 19.5 Å². The molecule has 1 aliphatic carbocycles. The lowest BCUT2D eigenvalue weighted by molar-refractivity contribution is -0.155. The first-order valence-corrected chi connectivity index (χ1v) is 13.5. The lowest BCUT2D eigenvalue weighted by Gasteiger charge is -2.31. The molecule has 3 aromatic heterocycles. The average Bonchev–Trinajstić information content (AvgIpc) is 3.59. The zero-order valence-electron chi connectivity index (χ0n) is 22.0. The van der Waals surface area contributed by atoms with Crippen molar-refractivity contribution in [1.29, 1.82) is 0 Å². The van der Waals surface area contributed by atoms with Gasteiger partial charge in [-0.15, -0.1) is 11.3 Å². The largest absolute Gasteiger partial charge is 0.485 e. The molecule has 2 fully saturated rings. The number of carbonyl (C=O) groups excluding carboxylic acids is 1. The summed E-state index contributed by atoms with van der Waals surface area (Å²) in [6.45, 7) is 7.17. The molecule has 3 atom stereocenters. The number of fused-ring (bicyclic) bond motifs is 2. The topological polar surface area (TPSA) is 87.0 Å². The van der Waals surface area contributed by atoms with E-state index >= 15 is 0 Å². The number of halogens is 2. The zero-order chi connectivity index (χ0) is 27.5. The summed E-state index contributed by atoms with van der Waals surface area (Å²) in [4.78, 5) is 24.1. The first-order valence-electron chi connectivity index (χ1n) is 12.7. The third-order valence-corrected chi connectivity index (χ3v) is 8.32. The summed E-state index contributed by atoms with van der Waals surface area (Å²) in [5.74, 6) is -2.09.